The highest BCUT2D eigenvalue weighted by Crippen LogP contribution is 2.21. The van der Waals surface area contributed by atoms with Crippen LogP contribution in [0.1, 0.15) is 5.56 Å². The zero-order valence-corrected chi connectivity index (χ0v) is 12.1. The van der Waals surface area contributed by atoms with E-state index in [-0.39, 0.29) is 5.82 Å². The van der Waals surface area contributed by atoms with E-state index in [1.165, 1.54) is 12.1 Å². The molecule has 0 saturated heterocycles. The summed E-state index contributed by atoms with van der Waals surface area (Å²) in [7, 11) is 0. The summed E-state index contributed by atoms with van der Waals surface area (Å²) in [6.07, 6.45) is 7.09. The maximum absolute atomic E-state index is 13.2. The largest absolute Gasteiger partial charge is 0.327 e. The van der Waals surface area contributed by atoms with E-state index < -0.39 is 0 Å². The van der Waals surface area contributed by atoms with Gasteiger partial charge in [-0.25, -0.2) is 9.37 Å². The normalized spacial score (nSPS) is 10.7. The van der Waals surface area contributed by atoms with E-state index in [0.29, 0.717) is 6.54 Å². The van der Waals surface area contributed by atoms with Crippen LogP contribution in [-0.2, 0) is 6.54 Å². The Morgan fingerprint density at radius 1 is 1.20 bits per heavy atom. The van der Waals surface area contributed by atoms with Gasteiger partial charge in [0.15, 0.2) is 0 Å². The van der Waals surface area contributed by atoms with Crippen LogP contribution in [0.2, 0.25) is 0 Å². The van der Waals surface area contributed by atoms with Gasteiger partial charge >= 0.3 is 0 Å². The molecule has 2 aromatic heterocycles. The van der Waals surface area contributed by atoms with Crippen molar-refractivity contribution in [3.05, 3.63) is 71.0 Å². The third-order valence-corrected chi connectivity index (χ3v) is 3.35. The first-order valence-corrected chi connectivity index (χ1v) is 6.88. The molecule has 3 aromatic rings. The predicted octanol–water partition coefficient (Wildman–Crippen LogP) is 3.90. The molecule has 100 valence electrons. The molecule has 0 aliphatic heterocycles. The molecule has 0 radical (unpaired) electrons. The fourth-order valence-corrected chi connectivity index (χ4v) is 2.43. The van der Waals surface area contributed by atoms with Crippen LogP contribution in [0.3, 0.4) is 0 Å². The lowest BCUT2D eigenvalue weighted by atomic mass is 10.2. The van der Waals surface area contributed by atoms with Gasteiger partial charge in [0.2, 0.25) is 0 Å². The average Bonchev–Trinajstić information content (AvgIpc) is 2.87. The van der Waals surface area contributed by atoms with Gasteiger partial charge in [0.05, 0.1) is 0 Å². The molecular weight excluding hydrogens is 321 g/mol. The summed E-state index contributed by atoms with van der Waals surface area (Å²) in [6, 6.07) is 8.53. The lowest BCUT2D eigenvalue weighted by Crippen LogP contribution is -2.01. The Labute approximate surface area is 124 Å². The van der Waals surface area contributed by atoms with Gasteiger partial charge < -0.3 is 4.57 Å². The number of benzene rings is 1. The SMILES string of the molecule is Fc1cccc(Cn2ccnc2-c2cncc(Br)c2)c1. The lowest BCUT2D eigenvalue weighted by Gasteiger charge is -2.08. The Morgan fingerprint density at radius 2 is 2.10 bits per heavy atom. The maximum atomic E-state index is 13.2. The second-order valence-corrected chi connectivity index (χ2v) is 5.32. The Morgan fingerprint density at radius 3 is 2.90 bits per heavy atom. The fraction of sp³-hybridized carbons (Fsp3) is 0.0667. The molecule has 0 N–H and O–H groups in total. The first kappa shape index (κ1) is 13.0. The Kier molecular flexibility index (Phi) is 3.60. The molecule has 0 amide bonds. The number of pyridine rings is 1. The van der Waals surface area contributed by atoms with Gasteiger partial charge in [-0.3, -0.25) is 4.98 Å². The van der Waals surface area contributed by atoms with Gasteiger partial charge in [0, 0.05) is 41.4 Å². The van der Waals surface area contributed by atoms with Gasteiger partial charge in [0.25, 0.3) is 0 Å². The minimum Gasteiger partial charge on any atom is -0.327 e. The number of aromatic nitrogens is 3. The van der Waals surface area contributed by atoms with E-state index in [4.69, 9.17) is 0 Å². The number of hydrogen-bond acceptors (Lipinski definition) is 2. The highest BCUT2D eigenvalue weighted by molar-refractivity contribution is 9.10. The molecule has 0 unspecified atom stereocenters. The van der Waals surface area contributed by atoms with E-state index in [9.17, 15) is 4.39 Å². The minimum atomic E-state index is -0.228. The molecule has 0 fully saturated rings. The smallest absolute Gasteiger partial charge is 0.141 e. The monoisotopic (exact) mass is 331 g/mol. The van der Waals surface area contributed by atoms with Crippen LogP contribution in [0.4, 0.5) is 4.39 Å². The van der Waals surface area contributed by atoms with E-state index in [2.05, 4.69) is 25.9 Å². The molecule has 5 heteroatoms. The first-order chi connectivity index (χ1) is 9.72. The van der Waals surface area contributed by atoms with Crippen LogP contribution in [0, 0.1) is 5.82 Å². The zero-order chi connectivity index (χ0) is 13.9. The van der Waals surface area contributed by atoms with Gasteiger partial charge in [-0.05, 0) is 39.7 Å². The highest BCUT2D eigenvalue weighted by Gasteiger charge is 2.07. The van der Waals surface area contributed by atoms with Crippen molar-refractivity contribution in [1.82, 2.24) is 14.5 Å². The highest BCUT2D eigenvalue weighted by atomic mass is 79.9. The van der Waals surface area contributed by atoms with Crippen molar-refractivity contribution in [3.8, 4) is 11.4 Å². The number of nitrogens with zero attached hydrogens (tertiary/aromatic N) is 3. The summed E-state index contributed by atoms with van der Waals surface area (Å²) in [6.45, 7) is 0.569. The molecule has 3 nitrogen and oxygen atoms in total. The van der Waals surface area contributed by atoms with Crippen LogP contribution in [-0.4, -0.2) is 14.5 Å². The van der Waals surface area contributed by atoms with Gasteiger partial charge in [-0.2, -0.15) is 0 Å². The molecule has 0 aliphatic rings. The zero-order valence-electron chi connectivity index (χ0n) is 10.5. The van der Waals surface area contributed by atoms with Crippen LogP contribution in [0.15, 0.2) is 59.6 Å². The topological polar surface area (TPSA) is 30.7 Å². The molecule has 3 rings (SSSR count). The average molecular weight is 332 g/mol. The summed E-state index contributed by atoms with van der Waals surface area (Å²) in [4.78, 5) is 8.50. The summed E-state index contributed by atoms with van der Waals surface area (Å²) < 4.78 is 16.1. The Bertz CT molecular complexity index is 739. The molecule has 0 aliphatic carbocycles. The second kappa shape index (κ2) is 5.54. The van der Waals surface area contributed by atoms with Crippen LogP contribution in [0.25, 0.3) is 11.4 Å². The van der Waals surface area contributed by atoms with Gasteiger partial charge in [-0.15, -0.1) is 0 Å². The van der Waals surface area contributed by atoms with E-state index in [1.54, 1.807) is 24.7 Å². The van der Waals surface area contributed by atoms with Crippen LogP contribution >= 0.6 is 15.9 Å². The summed E-state index contributed by atoms with van der Waals surface area (Å²) >= 11 is 3.40. The Hall–Kier alpha value is -2.01. The van der Waals surface area contributed by atoms with Crippen molar-refractivity contribution < 1.29 is 4.39 Å². The number of hydrogen-bond donors (Lipinski definition) is 0. The van der Waals surface area contributed by atoms with Gasteiger partial charge in [-0.1, -0.05) is 12.1 Å². The van der Waals surface area contributed by atoms with Crippen LogP contribution < -0.4 is 0 Å². The standard InChI is InChI=1S/C15H11BrFN3/c16-13-7-12(8-18-9-13)15-19-4-5-20(15)10-11-2-1-3-14(17)6-11/h1-9H,10H2. The van der Waals surface area contributed by atoms with E-state index in [0.717, 1.165) is 21.4 Å². The van der Waals surface area contributed by atoms with Crippen molar-refractivity contribution in [3.63, 3.8) is 0 Å². The quantitative estimate of drug-likeness (QED) is 0.728. The van der Waals surface area contributed by atoms with E-state index >= 15 is 0 Å². The summed E-state index contributed by atoms with van der Waals surface area (Å²) in [5.74, 6) is 0.580. The van der Waals surface area contributed by atoms with Crippen molar-refractivity contribution >= 4 is 15.9 Å². The second-order valence-electron chi connectivity index (χ2n) is 4.40. The number of imidazole rings is 1. The van der Waals surface area contributed by atoms with Crippen molar-refractivity contribution in [2.75, 3.05) is 0 Å². The third-order valence-electron chi connectivity index (χ3n) is 2.92. The molecule has 0 atom stereocenters. The maximum Gasteiger partial charge on any atom is 0.141 e. The van der Waals surface area contributed by atoms with E-state index in [1.807, 2.05) is 22.9 Å². The summed E-state index contributed by atoms with van der Waals surface area (Å²) in [5.41, 5.74) is 1.81. The van der Waals surface area contributed by atoms with Gasteiger partial charge in [0.1, 0.15) is 11.6 Å². The third kappa shape index (κ3) is 2.77. The van der Waals surface area contributed by atoms with Crippen LogP contribution in [0.5, 0.6) is 0 Å². The Balaban J connectivity index is 1.94. The minimum absolute atomic E-state index is 0.228. The molecule has 0 saturated carbocycles. The summed E-state index contributed by atoms with van der Waals surface area (Å²) in [5, 5.41) is 0. The van der Waals surface area contributed by atoms with Crippen molar-refractivity contribution in [2.24, 2.45) is 0 Å². The van der Waals surface area contributed by atoms with Crippen molar-refractivity contribution in [1.29, 1.82) is 0 Å². The first-order valence-electron chi connectivity index (χ1n) is 6.09. The molecule has 0 spiro atoms. The lowest BCUT2D eigenvalue weighted by molar-refractivity contribution is 0.623. The molecule has 1 aromatic carbocycles. The fourth-order valence-electron chi connectivity index (χ4n) is 2.06. The number of halogens is 2. The molecule has 2 heterocycles. The number of rotatable bonds is 3. The molecular formula is C15H11BrFN3. The molecule has 0 bridgehead atoms. The predicted molar refractivity (Wildman–Crippen MR) is 78.7 cm³/mol. The van der Waals surface area contributed by atoms with Crippen molar-refractivity contribution in [2.45, 2.75) is 6.54 Å². The molecule has 20 heavy (non-hydrogen) atoms.